The third-order valence-electron chi connectivity index (χ3n) is 8.96. The molecule has 0 fully saturated rings. The Kier molecular flexibility index (Phi) is 7.34. The SMILES string of the molecule is c1ccc(-c2cccc(-c3ccc(-c4nc(-c5ccccc5)nc(-c5ccc6c(c5)sc5c(-c7ccccc7)cccc56)n4)cc3)c2)cc1. The Morgan fingerprint density at radius 2 is 0.776 bits per heavy atom. The first-order valence-corrected chi connectivity index (χ1v) is 17.2. The van der Waals surface area contributed by atoms with Crippen molar-refractivity contribution in [1.29, 1.82) is 0 Å². The van der Waals surface area contributed by atoms with E-state index in [0.29, 0.717) is 17.5 Å². The number of benzene rings is 7. The normalized spacial score (nSPS) is 11.3. The predicted molar refractivity (Wildman–Crippen MR) is 205 cm³/mol. The largest absolute Gasteiger partial charge is 0.208 e. The number of aromatic nitrogens is 3. The van der Waals surface area contributed by atoms with Crippen molar-refractivity contribution in [2.75, 3.05) is 0 Å². The molecule has 49 heavy (non-hydrogen) atoms. The molecule has 0 saturated carbocycles. The van der Waals surface area contributed by atoms with E-state index in [1.54, 1.807) is 0 Å². The molecule has 230 valence electrons. The van der Waals surface area contributed by atoms with Crippen LogP contribution >= 0.6 is 11.3 Å². The minimum absolute atomic E-state index is 0.649. The van der Waals surface area contributed by atoms with E-state index in [4.69, 9.17) is 15.0 Å². The molecule has 7 aromatic carbocycles. The summed E-state index contributed by atoms with van der Waals surface area (Å²) in [5, 5.41) is 2.51. The van der Waals surface area contributed by atoms with Crippen molar-refractivity contribution in [2.24, 2.45) is 0 Å². The first kappa shape index (κ1) is 29.0. The Hall–Kier alpha value is -6.23. The number of rotatable bonds is 6. The molecule has 0 atom stereocenters. The van der Waals surface area contributed by atoms with Crippen molar-refractivity contribution in [1.82, 2.24) is 15.0 Å². The average Bonchev–Trinajstić information content (AvgIpc) is 3.57. The summed E-state index contributed by atoms with van der Waals surface area (Å²) in [4.78, 5) is 15.1. The van der Waals surface area contributed by atoms with Gasteiger partial charge < -0.3 is 0 Å². The van der Waals surface area contributed by atoms with Crippen molar-refractivity contribution >= 4 is 31.5 Å². The number of fused-ring (bicyclic) bond motifs is 3. The van der Waals surface area contributed by atoms with Crippen molar-refractivity contribution < 1.29 is 0 Å². The van der Waals surface area contributed by atoms with Crippen molar-refractivity contribution in [2.45, 2.75) is 0 Å². The van der Waals surface area contributed by atoms with Gasteiger partial charge in [0.05, 0.1) is 0 Å². The fraction of sp³-hybridized carbons (Fsp3) is 0. The average molecular weight is 644 g/mol. The highest BCUT2D eigenvalue weighted by molar-refractivity contribution is 7.26. The molecule has 0 bridgehead atoms. The summed E-state index contributed by atoms with van der Waals surface area (Å²) < 4.78 is 2.50. The lowest BCUT2D eigenvalue weighted by molar-refractivity contribution is 1.07. The van der Waals surface area contributed by atoms with E-state index in [-0.39, 0.29) is 0 Å². The Labute approximate surface area is 288 Å². The van der Waals surface area contributed by atoms with E-state index in [1.165, 1.54) is 48.0 Å². The van der Waals surface area contributed by atoms with Crippen LogP contribution in [0.2, 0.25) is 0 Å². The molecule has 2 aromatic heterocycles. The smallest absolute Gasteiger partial charge is 0.164 e. The standard InChI is InChI=1S/C45H29N3S/c1-4-12-30(13-5-1)35-18-10-19-36(28-35)31-22-24-34(25-23-31)44-46-43(33-16-8-3-9-17-33)47-45(48-44)37-26-27-39-40-21-11-20-38(32-14-6-2-7-15-32)42(40)49-41(39)29-37/h1-29H. The van der Waals surface area contributed by atoms with Gasteiger partial charge in [-0.05, 0) is 45.5 Å². The molecule has 0 aliphatic carbocycles. The summed E-state index contributed by atoms with van der Waals surface area (Å²) in [5.74, 6) is 1.96. The Morgan fingerprint density at radius 3 is 1.43 bits per heavy atom. The molecule has 2 heterocycles. The summed E-state index contributed by atoms with van der Waals surface area (Å²) in [6.07, 6.45) is 0. The maximum atomic E-state index is 5.06. The lowest BCUT2D eigenvalue weighted by Crippen LogP contribution is -2.00. The van der Waals surface area contributed by atoms with E-state index in [2.05, 4.69) is 140 Å². The molecule has 0 aliphatic heterocycles. The van der Waals surface area contributed by atoms with Gasteiger partial charge in [0.2, 0.25) is 0 Å². The predicted octanol–water partition coefficient (Wildman–Crippen LogP) is 12.2. The maximum absolute atomic E-state index is 5.06. The van der Waals surface area contributed by atoms with Gasteiger partial charge in [-0.3, -0.25) is 0 Å². The molecule has 0 saturated heterocycles. The van der Waals surface area contributed by atoms with Gasteiger partial charge in [0.25, 0.3) is 0 Å². The monoisotopic (exact) mass is 643 g/mol. The van der Waals surface area contributed by atoms with E-state index < -0.39 is 0 Å². The summed E-state index contributed by atoms with van der Waals surface area (Å²) >= 11 is 1.82. The Morgan fingerprint density at radius 1 is 0.306 bits per heavy atom. The summed E-state index contributed by atoms with van der Waals surface area (Å²) in [6.45, 7) is 0. The van der Waals surface area contributed by atoms with Gasteiger partial charge in [-0.25, -0.2) is 15.0 Å². The van der Waals surface area contributed by atoms with Gasteiger partial charge in [-0.2, -0.15) is 0 Å². The molecule has 0 radical (unpaired) electrons. The van der Waals surface area contributed by atoms with Crippen LogP contribution in [-0.2, 0) is 0 Å². The van der Waals surface area contributed by atoms with Crippen LogP contribution in [0.25, 0.3) is 87.7 Å². The summed E-state index contributed by atoms with van der Waals surface area (Å²) in [7, 11) is 0. The van der Waals surface area contributed by atoms with Gasteiger partial charge >= 0.3 is 0 Å². The zero-order valence-corrected chi connectivity index (χ0v) is 27.3. The summed E-state index contributed by atoms with van der Waals surface area (Å²) in [5.41, 5.74) is 10.1. The second-order valence-electron chi connectivity index (χ2n) is 12.1. The fourth-order valence-electron chi connectivity index (χ4n) is 6.45. The molecule has 0 aliphatic rings. The van der Waals surface area contributed by atoms with Gasteiger partial charge in [0.15, 0.2) is 17.5 Å². The number of hydrogen-bond acceptors (Lipinski definition) is 4. The van der Waals surface area contributed by atoms with Gasteiger partial charge in [-0.1, -0.05) is 164 Å². The van der Waals surface area contributed by atoms with Crippen molar-refractivity contribution in [3.8, 4) is 67.5 Å². The highest BCUT2D eigenvalue weighted by Gasteiger charge is 2.15. The number of thiophene rings is 1. The molecule has 0 unspecified atom stereocenters. The van der Waals surface area contributed by atoms with Gasteiger partial charge in [0.1, 0.15) is 0 Å². The highest BCUT2D eigenvalue weighted by Crippen LogP contribution is 2.41. The number of nitrogens with zero attached hydrogens (tertiary/aromatic N) is 3. The van der Waals surface area contributed by atoms with E-state index >= 15 is 0 Å². The van der Waals surface area contributed by atoms with Crippen molar-refractivity contribution in [3.05, 3.63) is 176 Å². The third kappa shape index (κ3) is 5.58. The topological polar surface area (TPSA) is 38.7 Å². The first-order chi connectivity index (χ1) is 24.3. The minimum Gasteiger partial charge on any atom is -0.208 e. The van der Waals surface area contributed by atoms with E-state index in [9.17, 15) is 0 Å². The fourth-order valence-corrected chi connectivity index (χ4v) is 7.73. The molecule has 0 N–H and O–H groups in total. The molecular formula is C45H29N3S. The van der Waals surface area contributed by atoms with Crippen LogP contribution in [0.4, 0.5) is 0 Å². The molecule has 3 nitrogen and oxygen atoms in total. The summed E-state index contributed by atoms with van der Waals surface area (Å²) in [6, 6.07) is 61.6. The van der Waals surface area contributed by atoms with Gasteiger partial charge in [0, 0.05) is 36.9 Å². The second kappa shape index (κ2) is 12.4. The Balaban J connectivity index is 1.12. The molecule has 4 heteroatoms. The van der Waals surface area contributed by atoms with E-state index in [1.807, 2.05) is 47.7 Å². The molecule has 9 aromatic rings. The van der Waals surface area contributed by atoms with Crippen LogP contribution in [0.3, 0.4) is 0 Å². The maximum Gasteiger partial charge on any atom is 0.164 e. The lowest BCUT2D eigenvalue weighted by Gasteiger charge is -2.10. The van der Waals surface area contributed by atoms with Crippen LogP contribution in [-0.4, -0.2) is 15.0 Å². The van der Waals surface area contributed by atoms with Crippen molar-refractivity contribution in [3.63, 3.8) is 0 Å². The van der Waals surface area contributed by atoms with Crippen LogP contribution in [0, 0.1) is 0 Å². The molecular weight excluding hydrogens is 615 g/mol. The molecule has 0 amide bonds. The lowest BCUT2D eigenvalue weighted by atomic mass is 9.98. The third-order valence-corrected chi connectivity index (χ3v) is 10.2. The zero-order valence-electron chi connectivity index (χ0n) is 26.5. The van der Waals surface area contributed by atoms with E-state index in [0.717, 1.165) is 22.3 Å². The minimum atomic E-state index is 0.649. The van der Waals surface area contributed by atoms with Crippen LogP contribution in [0.5, 0.6) is 0 Å². The second-order valence-corrected chi connectivity index (χ2v) is 13.1. The highest BCUT2D eigenvalue weighted by atomic mass is 32.1. The zero-order chi connectivity index (χ0) is 32.6. The first-order valence-electron chi connectivity index (χ1n) is 16.4. The quantitative estimate of drug-likeness (QED) is 0.181. The molecule has 9 rings (SSSR count). The van der Waals surface area contributed by atoms with Crippen LogP contribution in [0.15, 0.2) is 176 Å². The van der Waals surface area contributed by atoms with Crippen LogP contribution in [0.1, 0.15) is 0 Å². The number of hydrogen-bond donors (Lipinski definition) is 0. The van der Waals surface area contributed by atoms with Gasteiger partial charge in [-0.15, -0.1) is 11.3 Å². The molecule has 0 spiro atoms. The Bertz CT molecular complexity index is 2580. The van der Waals surface area contributed by atoms with Crippen LogP contribution < -0.4 is 0 Å².